The molecule has 0 unspecified atom stereocenters. The molecule has 4 aromatic rings. The summed E-state index contributed by atoms with van der Waals surface area (Å²) in [5, 5.41) is 0.803. The van der Waals surface area contributed by atoms with Gasteiger partial charge in [-0.25, -0.2) is 9.78 Å². The van der Waals surface area contributed by atoms with E-state index in [1.54, 1.807) is 20.2 Å². The summed E-state index contributed by atoms with van der Waals surface area (Å²) in [5.41, 5.74) is 13.2. The number of anilines is 1. The minimum absolute atomic E-state index is 0.293. The highest BCUT2D eigenvalue weighted by molar-refractivity contribution is 7.21. The number of benzene rings is 1. The molecule has 0 radical (unpaired) electrons. The second-order valence-electron chi connectivity index (χ2n) is 7.32. The summed E-state index contributed by atoms with van der Waals surface area (Å²) in [6, 6.07) is 10.0. The molecule has 7 heteroatoms. The zero-order valence-corrected chi connectivity index (χ0v) is 18.1. The van der Waals surface area contributed by atoms with Crippen LogP contribution in [0.4, 0.5) is 5.69 Å². The standard InChI is InChI=1S/C24H21N3O3S/c1-3-30-24(28)22-20(25)19-18(14-5-4-10-26-12-14)17-8-6-13-11-15(29-2)7-9-16(13)21(17)27-23(19)31-22/h4-5,7,9-12H,3,6,8,25H2,1-2H3. The number of carbonyl (C=O) groups excluding carboxylic acids is 1. The first kappa shape index (κ1) is 19.5. The molecule has 0 spiro atoms. The molecule has 0 amide bonds. The van der Waals surface area contributed by atoms with E-state index in [0.717, 1.165) is 56.8 Å². The van der Waals surface area contributed by atoms with Crippen LogP contribution in [0.25, 0.3) is 32.6 Å². The molecule has 1 aromatic carbocycles. The Kier molecular flexibility index (Phi) is 4.82. The molecule has 3 aromatic heterocycles. The number of methoxy groups -OCH3 is 1. The molecule has 2 N–H and O–H groups in total. The van der Waals surface area contributed by atoms with Crippen molar-refractivity contribution in [2.45, 2.75) is 19.8 Å². The smallest absolute Gasteiger partial charge is 0.350 e. The summed E-state index contributed by atoms with van der Waals surface area (Å²) >= 11 is 1.28. The molecule has 5 rings (SSSR count). The third kappa shape index (κ3) is 3.13. The van der Waals surface area contributed by atoms with Gasteiger partial charge in [0.2, 0.25) is 0 Å². The van der Waals surface area contributed by atoms with Crippen LogP contribution < -0.4 is 10.5 Å². The molecule has 156 valence electrons. The molecule has 3 heterocycles. The summed E-state index contributed by atoms with van der Waals surface area (Å²) in [6.45, 7) is 2.08. The Morgan fingerprint density at radius 2 is 2.13 bits per heavy atom. The molecule has 0 saturated carbocycles. The lowest BCUT2D eigenvalue weighted by Crippen LogP contribution is -2.09. The van der Waals surface area contributed by atoms with Crippen LogP contribution in [0, 0.1) is 0 Å². The number of nitrogens with zero attached hydrogens (tertiary/aromatic N) is 2. The van der Waals surface area contributed by atoms with Crippen molar-refractivity contribution in [3.8, 4) is 28.1 Å². The predicted molar refractivity (Wildman–Crippen MR) is 123 cm³/mol. The highest BCUT2D eigenvalue weighted by atomic mass is 32.1. The number of hydrogen-bond acceptors (Lipinski definition) is 7. The maximum Gasteiger partial charge on any atom is 0.350 e. The Morgan fingerprint density at radius 1 is 1.26 bits per heavy atom. The first-order valence-electron chi connectivity index (χ1n) is 10.1. The summed E-state index contributed by atoms with van der Waals surface area (Å²) in [7, 11) is 1.67. The van der Waals surface area contributed by atoms with E-state index < -0.39 is 5.97 Å². The van der Waals surface area contributed by atoms with Crippen LogP contribution in [0.1, 0.15) is 27.7 Å². The van der Waals surface area contributed by atoms with Crippen molar-refractivity contribution in [3.05, 3.63) is 58.7 Å². The molecule has 1 aliphatic rings. The van der Waals surface area contributed by atoms with Gasteiger partial charge in [-0.05, 0) is 55.2 Å². The van der Waals surface area contributed by atoms with Crippen LogP contribution in [0.15, 0.2) is 42.7 Å². The molecule has 0 aliphatic heterocycles. The van der Waals surface area contributed by atoms with Crippen LogP contribution in [-0.4, -0.2) is 29.7 Å². The Balaban J connectivity index is 1.84. The molecular formula is C24H21N3O3S. The number of carbonyl (C=O) groups is 1. The van der Waals surface area contributed by atoms with E-state index in [1.807, 2.05) is 24.4 Å². The number of aryl methyl sites for hydroxylation is 1. The van der Waals surface area contributed by atoms with Gasteiger partial charge >= 0.3 is 5.97 Å². The Bertz CT molecular complexity index is 1320. The molecule has 0 bridgehead atoms. The lowest BCUT2D eigenvalue weighted by Gasteiger charge is -2.23. The number of esters is 1. The van der Waals surface area contributed by atoms with E-state index in [1.165, 1.54) is 16.9 Å². The van der Waals surface area contributed by atoms with Crippen LogP contribution >= 0.6 is 11.3 Å². The van der Waals surface area contributed by atoms with Crippen LogP contribution in [0.2, 0.25) is 0 Å². The molecule has 0 fully saturated rings. The van der Waals surface area contributed by atoms with Crippen molar-refractivity contribution in [2.75, 3.05) is 19.5 Å². The van der Waals surface area contributed by atoms with E-state index in [0.29, 0.717) is 17.2 Å². The molecule has 0 saturated heterocycles. The summed E-state index contributed by atoms with van der Waals surface area (Å²) < 4.78 is 10.6. The number of rotatable bonds is 4. The van der Waals surface area contributed by atoms with Gasteiger partial charge in [0.05, 0.1) is 25.1 Å². The van der Waals surface area contributed by atoms with Gasteiger partial charge in [0.25, 0.3) is 0 Å². The first-order chi connectivity index (χ1) is 15.1. The van der Waals surface area contributed by atoms with E-state index >= 15 is 0 Å². The molecule has 6 nitrogen and oxygen atoms in total. The van der Waals surface area contributed by atoms with E-state index in [4.69, 9.17) is 20.2 Å². The van der Waals surface area contributed by atoms with Gasteiger partial charge in [-0.15, -0.1) is 11.3 Å². The highest BCUT2D eigenvalue weighted by Gasteiger charge is 2.28. The second-order valence-corrected chi connectivity index (χ2v) is 8.32. The SMILES string of the molecule is CCOC(=O)c1sc2nc3c(c(-c4cccnc4)c2c1N)CCc1cc(OC)ccc1-3. The lowest BCUT2D eigenvalue weighted by atomic mass is 9.84. The maximum atomic E-state index is 12.5. The van der Waals surface area contributed by atoms with Crippen molar-refractivity contribution >= 4 is 33.2 Å². The van der Waals surface area contributed by atoms with E-state index in [9.17, 15) is 4.79 Å². The van der Waals surface area contributed by atoms with Gasteiger partial charge in [0, 0.05) is 34.5 Å². The summed E-state index contributed by atoms with van der Waals surface area (Å²) in [5.74, 6) is 0.420. The van der Waals surface area contributed by atoms with Crippen LogP contribution in [-0.2, 0) is 17.6 Å². The molecular weight excluding hydrogens is 410 g/mol. The Labute approximate surface area is 183 Å². The lowest BCUT2D eigenvalue weighted by molar-refractivity contribution is 0.0533. The Hall–Kier alpha value is -3.45. The fourth-order valence-electron chi connectivity index (χ4n) is 4.23. The number of aromatic nitrogens is 2. The summed E-state index contributed by atoms with van der Waals surface area (Å²) in [4.78, 5) is 23.0. The third-order valence-electron chi connectivity index (χ3n) is 5.60. The van der Waals surface area contributed by atoms with Gasteiger partial charge in [-0.1, -0.05) is 6.07 Å². The number of thiophene rings is 1. The average Bonchev–Trinajstić information content (AvgIpc) is 3.14. The molecule has 0 atom stereocenters. The number of fused-ring (bicyclic) bond motifs is 4. The maximum absolute atomic E-state index is 12.5. The zero-order chi connectivity index (χ0) is 21.5. The number of nitrogen functional groups attached to an aromatic ring is 1. The van der Waals surface area contributed by atoms with Crippen molar-refractivity contribution in [3.63, 3.8) is 0 Å². The van der Waals surface area contributed by atoms with Gasteiger partial charge < -0.3 is 15.2 Å². The second kappa shape index (κ2) is 7.67. The minimum Gasteiger partial charge on any atom is -0.497 e. The highest BCUT2D eigenvalue weighted by Crippen LogP contribution is 2.46. The first-order valence-corrected chi connectivity index (χ1v) is 10.9. The minimum atomic E-state index is -0.414. The monoisotopic (exact) mass is 431 g/mol. The number of hydrogen-bond donors (Lipinski definition) is 1. The van der Waals surface area contributed by atoms with Crippen molar-refractivity contribution in [1.82, 2.24) is 9.97 Å². The Morgan fingerprint density at radius 3 is 2.87 bits per heavy atom. The van der Waals surface area contributed by atoms with Crippen LogP contribution in [0.3, 0.4) is 0 Å². The molecule has 31 heavy (non-hydrogen) atoms. The van der Waals surface area contributed by atoms with Crippen molar-refractivity contribution < 1.29 is 14.3 Å². The quantitative estimate of drug-likeness (QED) is 0.463. The third-order valence-corrected chi connectivity index (χ3v) is 6.68. The zero-order valence-electron chi connectivity index (χ0n) is 17.3. The van der Waals surface area contributed by atoms with Gasteiger partial charge in [-0.2, -0.15) is 0 Å². The van der Waals surface area contributed by atoms with Crippen LogP contribution in [0.5, 0.6) is 5.75 Å². The predicted octanol–water partition coefficient (Wildman–Crippen LogP) is 4.89. The topological polar surface area (TPSA) is 87.3 Å². The van der Waals surface area contributed by atoms with Crippen molar-refractivity contribution in [2.24, 2.45) is 0 Å². The summed E-state index contributed by atoms with van der Waals surface area (Å²) in [6.07, 6.45) is 5.26. The fourth-order valence-corrected chi connectivity index (χ4v) is 5.23. The fraction of sp³-hybridized carbons (Fsp3) is 0.208. The van der Waals surface area contributed by atoms with E-state index in [-0.39, 0.29) is 0 Å². The largest absolute Gasteiger partial charge is 0.497 e. The van der Waals surface area contributed by atoms with Crippen molar-refractivity contribution in [1.29, 1.82) is 0 Å². The van der Waals surface area contributed by atoms with E-state index in [2.05, 4.69) is 17.1 Å². The molecule has 1 aliphatic carbocycles. The number of pyridine rings is 2. The number of nitrogens with two attached hydrogens (primary N) is 1. The average molecular weight is 432 g/mol. The number of ether oxygens (including phenoxy) is 2. The normalized spacial score (nSPS) is 12.3. The van der Waals surface area contributed by atoms with Gasteiger partial charge in [0.15, 0.2) is 0 Å². The van der Waals surface area contributed by atoms with Gasteiger partial charge in [-0.3, -0.25) is 4.98 Å². The van der Waals surface area contributed by atoms with Gasteiger partial charge in [0.1, 0.15) is 15.5 Å².